The third kappa shape index (κ3) is 3.74. The Morgan fingerprint density at radius 1 is 1.07 bits per heavy atom. The Morgan fingerprint density at radius 3 is 2.72 bits per heavy atom. The van der Waals surface area contributed by atoms with Crippen LogP contribution in [-0.2, 0) is 0 Å². The Balaban J connectivity index is 1.46. The van der Waals surface area contributed by atoms with Gasteiger partial charge in [-0.3, -0.25) is 4.79 Å². The van der Waals surface area contributed by atoms with Gasteiger partial charge in [-0.1, -0.05) is 29.8 Å². The first-order valence-electron chi connectivity index (χ1n) is 8.96. The second-order valence-corrected chi connectivity index (χ2v) is 8.55. The molecule has 0 unspecified atom stereocenters. The lowest BCUT2D eigenvalue weighted by Crippen LogP contribution is -2.18. The minimum atomic E-state index is -0.153. The van der Waals surface area contributed by atoms with Gasteiger partial charge < -0.3 is 9.73 Å². The minimum absolute atomic E-state index is 0.153. The summed E-state index contributed by atoms with van der Waals surface area (Å²) < 4.78 is 7.09. The highest BCUT2D eigenvalue weighted by Crippen LogP contribution is 2.33. The predicted molar refractivity (Wildman–Crippen MR) is 120 cm³/mol. The number of hydrogen-bond acceptors (Lipinski definition) is 6. The van der Waals surface area contributed by atoms with Crippen molar-refractivity contribution in [2.24, 2.45) is 4.99 Å². The summed E-state index contributed by atoms with van der Waals surface area (Å²) in [5, 5.41) is 3.48. The number of amidine groups is 1. The van der Waals surface area contributed by atoms with Crippen molar-refractivity contribution in [1.29, 1.82) is 0 Å². The van der Waals surface area contributed by atoms with Gasteiger partial charge >= 0.3 is 0 Å². The summed E-state index contributed by atoms with van der Waals surface area (Å²) in [4.78, 5) is 21.8. The molecule has 0 bridgehead atoms. The molecule has 0 atom stereocenters. The number of carbonyl (C=O) groups excluding carboxylic acids is 1. The van der Waals surface area contributed by atoms with Crippen LogP contribution < -0.4 is 5.32 Å². The van der Waals surface area contributed by atoms with E-state index in [0.29, 0.717) is 17.4 Å². The van der Waals surface area contributed by atoms with Gasteiger partial charge in [0, 0.05) is 0 Å². The number of nitrogens with zero attached hydrogens (tertiary/aromatic N) is 2. The maximum absolute atomic E-state index is 11.9. The Morgan fingerprint density at radius 2 is 1.90 bits per heavy atom. The van der Waals surface area contributed by atoms with Gasteiger partial charge in [-0.15, -0.1) is 11.3 Å². The van der Waals surface area contributed by atoms with Crippen LogP contribution >= 0.6 is 23.1 Å². The molecule has 0 spiro atoms. The van der Waals surface area contributed by atoms with E-state index in [9.17, 15) is 4.79 Å². The van der Waals surface area contributed by atoms with E-state index in [0.717, 1.165) is 43.1 Å². The number of rotatable bonds is 3. The molecule has 2 aromatic heterocycles. The van der Waals surface area contributed by atoms with Gasteiger partial charge in [0.1, 0.15) is 11.6 Å². The van der Waals surface area contributed by atoms with Crippen LogP contribution in [0.5, 0.6) is 0 Å². The maximum atomic E-state index is 11.9. The number of fused-ring (bicyclic) bond motifs is 1. The van der Waals surface area contributed by atoms with Gasteiger partial charge in [-0.25, -0.2) is 9.98 Å². The van der Waals surface area contributed by atoms with Crippen molar-refractivity contribution < 1.29 is 9.21 Å². The van der Waals surface area contributed by atoms with Crippen LogP contribution in [0.4, 0.5) is 10.5 Å². The van der Waals surface area contributed by atoms with E-state index in [2.05, 4.69) is 15.3 Å². The van der Waals surface area contributed by atoms with Gasteiger partial charge in [0.25, 0.3) is 5.24 Å². The molecule has 1 amide bonds. The van der Waals surface area contributed by atoms with E-state index in [-0.39, 0.29) is 5.24 Å². The lowest BCUT2D eigenvalue weighted by molar-refractivity contribution is 0.265. The fraction of sp³-hybridized carbons (Fsp3) is 0.0455. The minimum Gasteiger partial charge on any atom is -0.454 e. The summed E-state index contributed by atoms with van der Waals surface area (Å²) in [6, 6.07) is 19.6. The van der Waals surface area contributed by atoms with Gasteiger partial charge in [-0.05, 0) is 61.2 Å². The quantitative estimate of drug-likeness (QED) is 0.419. The Kier molecular flexibility index (Phi) is 4.54. The van der Waals surface area contributed by atoms with E-state index in [1.54, 1.807) is 11.3 Å². The topological polar surface area (TPSA) is 67.5 Å². The zero-order valence-corrected chi connectivity index (χ0v) is 17.0. The van der Waals surface area contributed by atoms with Crippen LogP contribution in [0.2, 0.25) is 0 Å². The summed E-state index contributed by atoms with van der Waals surface area (Å²) >= 11 is 2.70. The lowest BCUT2D eigenvalue weighted by Gasteiger charge is -1.99. The summed E-state index contributed by atoms with van der Waals surface area (Å²) in [6.07, 6.45) is 1.83. The highest BCUT2D eigenvalue weighted by Gasteiger charge is 2.24. The maximum Gasteiger partial charge on any atom is 0.289 e. The second-order valence-electron chi connectivity index (χ2n) is 6.51. The molecular formula is C22H15N3O2S2. The molecule has 7 heteroatoms. The zero-order chi connectivity index (χ0) is 19.8. The second kappa shape index (κ2) is 7.35. The first-order valence-corrected chi connectivity index (χ1v) is 10.6. The van der Waals surface area contributed by atoms with Gasteiger partial charge in [0.05, 0.1) is 20.8 Å². The molecule has 1 aliphatic rings. The lowest BCUT2D eigenvalue weighted by atomic mass is 10.2. The Labute approximate surface area is 175 Å². The number of furan rings is 1. The number of benzene rings is 2. The van der Waals surface area contributed by atoms with E-state index < -0.39 is 0 Å². The van der Waals surface area contributed by atoms with Crippen LogP contribution in [0.15, 0.2) is 75.0 Å². The number of aromatic nitrogens is 1. The van der Waals surface area contributed by atoms with Crippen molar-refractivity contribution in [3.05, 3.63) is 76.9 Å². The van der Waals surface area contributed by atoms with E-state index >= 15 is 0 Å². The van der Waals surface area contributed by atoms with Crippen LogP contribution in [0.1, 0.15) is 11.3 Å². The van der Waals surface area contributed by atoms with Crippen LogP contribution in [0.3, 0.4) is 0 Å². The summed E-state index contributed by atoms with van der Waals surface area (Å²) in [7, 11) is 0. The van der Waals surface area contributed by atoms with Gasteiger partial charge in [0.2, 0.25) is 0 Å². The zero-order valence-electron chi connectivity index (χ0n) is 15.4. The molecule has 1 fully saturated rings. The summed E-state index contributed by atoms with van der Waals surface area (Å²) in [6.45, 7) is 2.02. The number of thiazole rings is 1. The van der Waals surface area contributed by atoms with Crippen molar-refractivity contribution in [3.63, 3.8) is 0 Å². The fourth-order valence-electron chi connectivity index (χ4n) is 2.91. The van der Waals surface area contributed by atoms with Crippen molar-refractivity contribution in [2.45, 2.75) is 6.92 Å². The standard InChI is InChI=1S/C22H15N3O2S2/c1-13-6-8-14(9-7-13)23-20-19(29-22(26)25-20)12-15-10-11-17(27-15)21-24-16-4-2-3-5-18(16)28-21/h2-12H,1H3,(H,23,25,26)/b19-12-. The Hall–Kier alpha value is -3.16. The molecule has 4 aromatic rings. The van der Waals surface area contributed by atoms with Crippen molar-refractivity contribution in [1.82, 2.24) is 10.3 Å². The molecule has 0 radical (unpaired) electrons. The van der Waals surface area contributed by atoms with Crippen LogP contribution in [-0.4, -0.2) is 16.1 Å². The highest BCUT2D eigenvalue weighted by molar-refractivity contribution is 8.18. The smallest absolute Gasteiger partial charge is 0.289 e. The molecular weight excluding hydrogens is 402 g/mol. The number of thioether (sulfide) groups is 1. The fourth-order valence-corrected chi connectivity index (χ4v) is 4.56. The molecule has 1 N–H and O–H groups in total. The Bertz CT molecular complexity index is 1250. The number of aryl methyl sites for hydroxylation is 1. The summed E-state index contributed by atoms with van der Waals surface area (Å²) in [5.74, 6) is 1.88. The monoisotopic (exact) mass is 417 g/mol. The average molecular weight is 418 g/mol. The third-order valence-electron chi connectivity index (χ3n) is 4.34. The van der Waals surface area contributed by atoms with E-state index in [4.69, 9.17) is 4.42 Å². The predicted octanol–water partition coefficient (Wildman–Crippen LogP) is 6.39. The molecule has 0 saturated carbocycles. The largest absolute Gasteiger partial charge is 0.454 e. The molecule has 5 rings (SSSR count). The SMILES string of the molecule is Cc1ccc(N=C2NC(=O)S/C2=C\c2ccc(-c3nc4ccccc4s3)o2)cc1. The van der Waals surface area contributed by atoms with Gasteiger partial charge in [0.15, 0.2) is 10.8 Å². The molecule has 142 valence electrons. The number of amides is 1. The average Bonchev–Trinajstić information content (AvgIpc) is 3.42. The molecule has 2 aromatic carbocycles. The molecule has 1 saturated heterocycles. The van der Waals surface area contributed by atoms with E-state index in [1.807, 2.05) is 73.7 Å². The van der Waals surface area contributed by atoms with E-state index in [1.165, 1.54) is 0 Å². The molecule has 0 aliphatic carbocycles. The normalized spacial score (nSPS) is 16.8. The number of nitrogens with one attached hydrogen (secondary N) is 1. The number of aliphatic imine (C=N–C) groups is 1. The van der Waals surface area contributed by atoms with Crippen molar-refractivity contribution >= 4 is 56.2 Å². The molecule has 3 heterocycles. The first kappa shape index (κ1) is 17.9. The van der Waals surface area contributed by atoms with Crippen molar-refractivity contribution in [3.8, 4) is 10.8 Å². The van der Waals surface area contributed by atoms with Crippen LogP contribution in [0.25, 0.3) is 27.1 Å². The van der Waals surface area contributed by atoms with Crippen molar-refractivity contribution in [2.75, 3.05) is 0 Å². The third-order valence-corrected chi connectivity index (χ3v) is 6.21. The van der Waals surface area contributed by atoms with Gasteiger partial charge in [-0.2, -0.15) is 0 Å². The molecule has 5 nitrogen and oxygen atoms in total. The van der Waals surface area contributed by atoms with Crippen LogP contribution in [0, 0.1) is 6.92 Å². The first-order chi connectivity index (χ1) is 14.1. The molecule has 29 heavy (non-hydrogen) atoms. The number of hydrogen-bond donors (Lipinski definition) is 1. The molecule has 1 aliphatic heterocycles. The summed E-state index contributed by atoms with van der Waals surface area (Å²) in [5.41, 5.74) is 2.90. The highest BCUT2D eigenvalue weighted by atomic mass is 32.2. The number of para-hydroxylation sites is 1. The number of carbonyl (C=O) groups is 1.